The van der Waals surface area contributed by atoms with Crippen LogP contribution in [0.15, 0.2) is 6.20 Å². The van der Waals surface area contributed by atoms with Crippen LogP contribution in [0.2, 0.25) is 4.47 Å². The van der Waals surface area contributed by atoms with Crippen LogP contribution in [0.1, 0.15) is 4.88 Å². The number of nitrogens with zero attached hydrogens (tertiary/aromatic N) is 2. The summed E-state index contributed by atoms with van der Waals surface area (Å²) in [5.41, 5.74) is 0. The topological polar surface area (TPSA) is 45.2 Å². The van der Waals surface area contributed by atoms with Crippen LogP contribution in [0.5, 0.6) is 0 Å². The van der Waals surface area contributed by atoms with Crippen molar-refractivity contribution in [1.82, 2.24) is 15.2 Å². The Bertz CT molecular complexity index is 315. The molecular weight excluding hydrogens is 222 g/mol. The van der Waals surface area contributed by atoms with Crippen molar-refractivity contribution in [3.8, 4) is 0 Å². The zero-order valence-corrected chi connectivity index (χ0v) is 9.65. The number of halogens is 1. The number of carbonyl (C=O) groups is 1. The number of thiazole rings is 1. The quantitative estimate of drug-likeness (QED) is 0.843. The highest BCUT2D eigenvalue weighted by Gasteiger charge is 2.07. The molecule has 1 aromatic rings. The van der Waals surface area contributed by atoms with Crippen LogP contribution in [-0.4, -0.2) is 36.4 Å². The molecule has 14 heavy (non-hydrogen) atoms. The maximum absolute atomic E-state index is 11.0. The molecule has 0 saturated heterocycles. The Hall–Kier alpha value is -0.650. The SMILES string of the molecule is CNC(=O)CN(C)Cc1cnc(Cl)s1. The average Bonchev–Trinajstić information content (AvgIpc) is 2.50. The number of nitrogens with one attached hydrogen (secondary N) is 1. The van der Waals surface area contributed by atoms with Crippen LogP contribution < -0.4 is 5.32 Å². The number of carbonyl (C=O) groups excluding carboxylic acids is 1. The normalized spacial score (nSPS) is 10.6. The molecule has 78 valence electrons. The van der Waals surface area contributed by atoms with Gasteiger partial charge in [-0.15, -0.1) is 11.3 Å². The fourth-order valence-corrected chi connectivity index (χ4v) is 2.06. The molecule has 0 spiro atoms. The maximum atomic E-state index is 11.0. The summed E-state index contributed by atoms with van der Waals surface area (Å²) >= 11 is 7.12. The van der Waals surface area contributed by atoms with Gasteiger partial charge in [0.15, 0.2) is 4.47 Å². The molecule has 1 amide bonds. The van der Waals surface area contributed by atoms with E-state index in [-0.39, 0.29) is 5.91 Å². The Kier molecular flexibility index (Phi) is 4.31. The Labute approximate surface area is 91.9 Å². The van der Waals surface area contributed by atoms with Crippen molar-refractivity contribution in [2.45, 2.75) is 6.54 Å². The number of hydrogen-bond donors (Lipinski definition) is 1. The van der Waals surface area contributed by atoms with Gasteiger partial charge in [0, 0.05) is 24.7 Å². The molecule has 0 aromatic carbocycles. The first kappa shape index (κ1) is 11.4. The highest BCUT2D eigenvalue weighted by molar-refractivity contribution is 7.15. The average molecular weight is 234 g/mol. The summed E-state index contributed by atoms with van der Waals surface area (Å²) in [6, 6.07) is 0. The number of amides is 1. The third kappa shape index (κ3) is 3.61. The fraction of sp³-hybridized carbons (Fsp3) is 0.500. The van der Waals surface area contributed by atoms with Crippen LogP contribution >= 0.6 is 22.9 Å². The molecule has 0 aliphatic rings. The molecule has 0 radical (unpaired) electrons. The Morgan fingerprint density at radius 2 is 2.50 bits per heavy atom. The Morgan fingerprint density at radius 1 is 1.79 bits per heavy atom. The predicted octanol–water partition coefficient (Wildman–Crippen LogP) is 0.974. The zero-order valence-electron chi connectivity index (χ0n) is 8.08. The largest absolute Gasteiger partial charge is 0.358 e. The van der Waals surface area contributed by atoms with E-state index in [2.05, 4.69) is 10.3 Å². The minimum absolute atomic E-state index is 0.00288. The van der Waals surface area contributed by atoms with Gasteiger partial charge in [-0.25, -0.2) is 4.98 Å². The first-order valence-corrected chi connectivity index (χ1v) is 5.30. The molecule has 1 N–H and O–H groups in total. The first-order chi connectivity index (χ1) is 6.61. The highest BCUT2D eigenvalue weighted by Crippen LogP contribution is 2.18. The van der Waals surface area contributed by atoms with E-state index in [0.29, 0.717) is 17.6 Å². The minimum atomic E-state index is 0.00288. The summed E-state index contributed by atoms with van der Waals surface area (Å²) in [5, 5.41) is 2.57. The molecule has 6 heteroatoms. The van der Waals surface area contributed by atoms with Crippen LogP contribution in [0.4, 0.5) is 0 Å². The number of hydrogen-bond acceptors (Lipinski definition) is 4. The lowest BCUT2D eigenvalue weighted by Gasteiger charge is -2.13. The summed E-state index contributed by atoms with van der Waals surface area (Å²) in [6.45, 7) is 1.07. The summed E-state index contributed by atoms with van der Waals surface area (Å²) < 4.78 is 0.536. The van der Waals surface area contributed by atoms with Gasteiger partial charge in [0.2, 0.25) is 5.91 Å². The second-order valence-corrected chi connectivity index (χ2v) is 4.62. The predicted molar refractivity (Wildman–Crippen MR) is 57.5 cm³/mol. The van der Waals surface area contributed by atoms with Gasteiger partial charge in [0.25, 0.3) is 0 Å². The smallest absolute Gasteiger partial charge is 0.233 e. The molecule has 0 aliphatic heterocycles. The van der Waals surface area contributed by atoms with E-state index in [1.165, 1.54) is 11.3 Å². The molecule has 0 bridgehead atoms. The molecule has 1 heterocycles. The second kappa shape index (κ2) is 5.29. The Balaban J connectivity index is 2.41. The fourth-order valence-electron chi connectivity index (χ4n) is 1.00. The summed E-state index contributed by atoms with van der Waals surface area (Å²) in [5.74, 6) is 0.00288. The van der Waals surface area contributed by atoms with Crippen molar-refractivity contribution in [3.05, 3.63) is 15.5 Å². The van der Waals surface area contributed by atoms with Crippen molar-refractivity contribution in [2.75, 3.05) is 20.6 Å². The third-order valence-corrected chi connectivity index (χ3v) is 2.74. The van der Waals surface area contributed by atoms with E-state index >= 15 is 0 Å². The van der Waals surface area contributed by atoms with Gasteiger partial charge in [0.1, 0.15) is 0 Å². The van der Waals surface area contributed by atoms with Gasteiger partial charge in [-0.2, -0.15) is 0 Å². The van der Waals surface area contributed by atoms with E-state index < -0.39 is 0 Å². The van der Waals surface area contributed by atoms with Crippen molar-refractivity contribution < 1.29 is 4.79 Å². The molecule has 0 fully saturated rings. The molecule has 0 saturated carbocycles. The lowest BCUT2D eigenvalue weighted by molar-refractivity contribution is -0.121. The summed E-state index contributed by atoms with van der Waals surface area (Å²) in [7, 11) is 3.50. The Morgan fingerprint density at radius 3 is 3.00 bits per heavy atom. The van der Waals surface area contributed by atoms with Gasteiger partial charge >= 0.3 is 0 Å². The third-order valence-electron chi connectivity index (χ3n) is 1.64. The summed E-state index contributed by atoms with van der Waals surface area (Å²) in [6.07, 6.45) is 1.73. The van der Waals surface area contributed by atoms with Gasteiger partial charge in [0.05, 0.1) is 6.54 Å². The van der Waals surface area contributed by atoms with Crippen LogP contribution in [0.3, 0.4) is 0 Å². The first-order valence-electron chi connectivity index (χ1n) is 4.11. The number of likely N-dealkylation sites (N-methyl/N-ethyl adjacent to an activating group) is 2. The minimum Gasteiger partial charge on any atom is -0.358 e. The molecule has 4 nitrogen and oxygen atoms in total. The second-order valence-electron chi connectivity index (χ2n) is 2.92. The molecule has 0 aliphatic carbocycles. The highest BCUT2D eigenvalue weighted by atomic mass is 35.5. The van der Waals surface area contributed by atoms with Crippen LogP contribution in [0.25, 0.3) is 0 Å². The lowest BCUT2D eigenvalue weighted by atomic mass is 10.4. The molecule has 0 unspecified atom stereocenters. The van der Waals surface area contributed by atoms with E-state index in [9.17, 15) is 4.79 Å². The molecular formula is C8H12ClN3OS. The number of rotatable bonds is 4. The van der Waals surface area contributed by atoms with Crippen molar-refractivity contribution in [1.29, 1.82) is 0 Å². The van der Waals surface area contributed by atoms with E-state index in [1.54, 1.807) is 13.2 Å². The molecule has 1 rings (SSSR count). The zero-order chi connectivity index (χ0) is 10.6. The summed E-state index contributed by atoms with van der Waals surface area (Å²) in [4.78, 5) is 17.9. The van der Waals surface area contributed by atoms with Crippen LogP contribution in [-0.2, 0) is 11.3 Å². The van der Waals surface area contributed by atoms with Crippen LogP contribution in [0, 0.1) is 0 Å². The van der Waals surface area contributed by atoms with E-state index in [0.717, 1.165) is 4.88 Å². The van der Waals surface area contributed by atoms with Gasteiger partial charge < -0.3 is 5.32 Å². The van der Waals surface area contributed by atoms with Crippen molar-refractivity contribution in [2.24, 2.45) is 0 Å². The van der Waals surface area contributed by atoms with Gasteiger partial charge in [-0.3, -0.25) is 9.69 Å². The van der Waals surface area contributed by atoms with Gasteiger partial charge in [-0.1, -0.05) is 11.6 Å². The maximum Gasteiger partial charge on any atom is 0.233 e. The van der Waals surface area contributed by atoms with E-state index in [4.69, 9.17) is 11.6 Å². The monoisotopic (exact) mass is 233 g/mol. The number of aromatic nitrogens is 1. The standard InChI is InChI=1S/C8H12ClN3OS/c1-10-7(13)5-12(2)4-6-3-11-8(9)14-6/h3H,4-5H2,1-2H3,(H,10,13). The molecule has 1 aromatic heterocycles. The van der Waals surface area contributed by atoms with Crippen molar-refractivity contribution >= 4 is 28.8 Å². The lowest BCUT2D eigenvalue weighted by Crippen LogP contribution is -2.32. The van der Waals surface area contributed by atoms with Gasteiger partial charge in [-0.05, 0) is 7.05 Å². The molecule has 0 atom stereocenters. The van der Waals surface area contributed by atoms with E-state index in [1.807, 2.05) is 11.9 Å². The van der Waals surface area contributed by atoms with Crippen molar-refractivity contribution in [3.63, 3.8) is 0 Å².